The van der Waals surface area contributed by atoms with Gasteiger partial charge in [0.15, 0.2) is 0 Å². The molecule has 0 aliphatic carbocycles. The van der Waals surface area contributed by atoms with Crippen LogP contribution in [-0.4, -0.2) is 59.5 Å². The topological polar surface area (TPSA) is 108 Å². The Morgan fingerprint density at radius 3 is 2.57 bits per heavy atom. The minimum Gasteiger partial charge on any atom is -0.369 e. The first-order valence-corrected chi connectivity index (χ1v) is 10.4. The minimum absolute atomic E-state index is 0.274. The third kappa shape index (κ3) is 4.52. The molecule has 152 valence electrons. The highest BCUT2D eigenvalue weighted by Gasteiger charge is 2.31. The van der Waals surface area contributed by atoms with Crippen molar-refractivity contribution >= 4 is 12.0 Å². The zero-order valence-corrected chi connectivity index (χ0v) is 16.5. The van der Waals surface area contributed by atoms with E-state index in [4.69, 9.17) is 11.5 Å². The molecule has 1 atom stereocenters. The van der Waals surface area contributed by atoms with Gasteiger partial charge in [0.05, 0.1) is 5.69 Å². The van der Waals surface area contributed by atoms with Crippen LogP contribution in [0, 0.1) is 0 Å². The summed E-state index contributed by atoms with van der Waals surface area (Å²) in [5, 5.41) is 0. The SMILES string of the molecule is NC1=NC(N)(c2ccc(C=CCN3CCC(N4CCCCC4)CC3)nc2)NN1. The molecular weight excluding hydrogens is 352 g/mol. The van der Waals surface area contributed by atoms with E-state index < -0.39 is 5.79 Å². The standard InChI is InChI=1S/C20H32N8/c21-19-24-20(22,26-25-19)16-6-7-17(23-15-16)5-4-10-27-13-8-18(9-14-27)28-11-2-1-3-12-28/h4-7,15,18,26H,1-3,8-14,22H2,(H3,21,24,25). The Labute approximate surface area is 167 Å². The fraction of sp³-hybridized carbons (Fsp3) is 0.600. The smallest absolute Gasteiger partial charge is 0.210 e. The summed E-state index contributed by atoms with van der Waals surface area (Å²) < 4.78 is 0. The molecule has 1 aromatic heterocycles. The molecule has 0 radical (unpaired) electrons. The van der Waals surface area contributed by atoms with Gasteiger partial charge in [-0.1, -0.05) is 18.6 Å². The third-order valence-corrected chi connectivity index (χ3v) is 6.02. The van der Waals surface area contributed by atoms with Crippen LogP contribution in [0.15, 0.2) is 29.4 Å². The van der Waals surface area contributed by atoms with Crippen molar-refractivity contribution in [1.82, 2.24) is 25.6 Å². The number of nitrogens with one attached hydrogen (secondary N) is 2. The lowest BCUT2D eigenvalue weighted by Gasteiger charge is -2.40. The molecule has 28 heavy (non-hydrogen) atoms. The molecule has 3 aliphatic rings. The number of hydrazine groups is 1. The van der Waals surface area contributed by atoms with E-state index in [0.717, 1.165) is 23.8 Å². The highest BCUT2D eigenvalue weighted by molar-refractivity contribution is 5.79. The molecule has 1 unspecified atom stereocenters. The molecule has 0 aromatic carbocycles. The number of hydrogen-bond donors (Lipinski definition) is 4. The largest absolute Gasteiger partial charge is 0.369 e. The van der Waals surface area contributed by atoms with Gasteiger partial charge in [-0.3, -0.25) is 21.0 Å². The summed E-state index contributed by atoms with van der Waals surface area (Å²) in [4.78, 5) is 13.9. The van der Waals surface area contributed by atoms with Crippen molar-refractivity contribution in [2.24, 2.45) is 16.5 Å². The number of aliphatic imine (C=N–C) groups is 1. The molecule has 2 fully saturated rings. The predicted octanol–water partition coefficient (Wildman–Crippen LogP) is 0.537. The summed E-state index contributed by atoms with van der Waals surface area (Å²) >= 11 is 0. The van der Waals surface area contributed by atoms with Gasteiger partial charge in [-0.05, 0) is 64.0 Å². The number of nitrogens with zero attached hydrogens (tertiary/aromatic N) is 4. The van der Waals surface area contributed by atoms with Crippen LogP contribution < -0.4 is 22.3 Å². The van der Waals surface area contributed by atoms with Crippen LogP contribution in [0.4, 0.5) is 0 Å². The monoisotopic (exact) mass is 384 g/mol. The quantitative estimate of drug-likeness (QED) is 0.587. The Balaban J connectivity index is 1.24. The van der Waals surface area contributed by atoms with Crippen molar-refractivity contribution in [2.45, 2.75) is 43.9 Å². The second-order valence-electron chi connectivity index (χ2n) is 8.02. The van der Waals surface area contributed by atoms with E-state index in [1.54, 1.807) is 6.20 Å². The highest BCUT2D eigenvalue weighted by Crippen LogP contribution is 2.21. The van der Waals surface area contributed by atoms with E-state index >= 15 is 0 Å². The molecule has 4 rings (SSSR count). The summed E-state index contributed by atoms with van der Waals surface area (Å²) in [6, 6.07) is 4.68. The van der Waals surface area contributed by atoms with E-state index in [-0.39, 0.29) is 5.96 Å². The van der Waals surface area contributed by atoms with Gasteiger partial charge in [-0.2, -0.15) is 5.43 Å². The van der Waals surface area contributed by atoms with Crippen LogP contribution in [0.1, 0.15) is 43.4 Å². The zero-order valence-electron chi connectivity index (χ0n) is 16.5. The van der Waals surface area contributed by atoms with Crippen LogP contribution in [0.5, 0.6) is 0 Å². The van der Waals surface area contributed by atoms with Crippen LogP contribution in [0.2, 0.25) is 0 Å². The summed E-state index contributed by atoms with van der Waals surface area (Å²) in [6.45, 7) is 5.96. The maximum absolute atomic E-state index is 6.17. The van der Waals surface area contributed by atoms with E-state index in [1.165, 1.54) is 58.3 Å². The minimum atomic E-state index is -1.06. The van der Waals surface area contributed by atoms with Gasteiger partial charge in [-0.15, -0.1) is 0 Å². The average molecular weight is 385 g/mol. The highest BCUT2D eigenvalue weighted by atomic mass is 15.6. The van der Waals surface area contributed by atoms with Crippen molar-refractivity contribution in [2.75, 3.05) is 32.7 Å². The predicted molar refractivity (Wildman–Crippen MR) is 112 cm³/mol. The molecular formula is C20H32N8. The van der Waals surface area contributed by atoms with Gasteiger partial charge in [-0.25, -0.2) is 4.99 Å². The van der Waals surface area contributed by atoms with Crippen LogP contribution in [0.25, 0.3) is 6.08 Å². The number of piperidine rings is 2. The van der Waals surface area contributed by atoms with Gasteiger partial charge in [0.25, 0.3) is 0 Å². The molecule has 4 heterocycles. The fourth-order valence-electron chi connectivity index (χ4n) is 4.34. The molecule has 8 heteroatoms. The average Bonchev–Trinajstić information content (AvgIpc) is 3.09. The van der Waals surface area contributed by atoms with Crippen LogP contribution in [0.3, 0.4) is 0 Å². The Morgan fingerprint density at radius 1 is 1.14 bits per heavy atom. The number of rotatable bonds is 5. The van der Waals surface area contributed by atoms with E-state index in [1.807, 2.05) is 12.1 Å². The molecule has 3 aliphatic heterocycles. The van der Waals surface area contributed by atoms with Crippen molar-refractivity contribution < 1.29 is 0 Å². The molecule has 2 saturated heterocycles. The molecule has 0 amide bonds. The van der Waals surface area contributed by atoms with Gasteiger partial charge >= 0.3 is 0 Å². The van der Waals surface area contributed by atoms with E-state index in [2.05, 4.69) is 42.8 Å². The number of likely N-dealkylation sites (tertiary alicyclic amines) is 2. The molecule has 6 N–H and O–H groups in total. The van der Waals surface area contributed by atoms with Gasteiger partial charge in [0.1, 0.15) is 0 Å². The Hall–Kier alpha value is -2.00. The number of guanidine groups is 1. The Kier molecular flexibility index (Phi) is 5.91. The van der Waals surface area contributed by atoms with Crippen molar-refractivity contribution in [3.63, 3.8) is 0 Å². The zero-order chi connectivity index (χ0) is 19.4. The number of nitrogens with two attached hydrogens (primary N) is 2. The normalized spacial score (nSPS) is 27.8. The van der Waals surface area contributed by atoms with Crippen molar-refractivity contribution in [3.05, 3.63) is 35.7 Å². The number of aromatic nitrogens is 1. The fourth-order valence-corrected chi connectivity index (χ4v) is 4.34. The molecule has 8 nitrogen and oxygen atoms in total. The van der Waals surface area contributed by atoms with Crippen molar-refractivity contribution in [3.8, 4) is 0 Å². The lowest BCUT2D eigenvalue weighted by atomic mass is 10.00. The van der Waals surface area contributed by atoms with Crippen LogP contribution in [-0.2, 0) is 5.79 Å². The third-order valence-electron chi connectivity index (χ3n) is 6.02. The first-order chi connectivity index (χ1) is 13.6. The van der Waals surface area contributed by atoms with E-state index in [0.29, 0.717) is 0 Å². The number of pyridine rings is 1. The van der Waals surface area contributed by atoms with E-state index in [9.17, 15) is 0 Å². The van der Waals surface area contributed by atoms with Gasteiger partial charge < -0.3 is 10.6 Å². The first kappa shape index (κ1) is 19.3. The van der Waals surface area contributed by atoms with Gasteiger partial charge in [0.2, 0.25) is 11.7 Å². The van der Waals surface area contributed by atoms with Gasteiger partial charge in [0, 0.05) is 24.3 Å². The second-order valence-corrected chi connectivity index (χ2v) is 8.02. The molecule has 0 spiro atoms. The lowest BCUT2D eigenvalue weighted by Crippen LogP contribution is -2.50. The number of hydrogen-bond acceptors (Lipinski definition) is 8. The molecule has 0 bridgehead atoms. The summed E-state index contributed by atoms with van der Waals surface area (Å²) in [5.74, 6) is -0.784. The van der Waals surface area contributed by atoms with Crippen LogP contribution >= 0.6 is 0 Å². The molecule has 0 saturated carbocycles. The molecule has 1 aromatic rings. The Bertz CT molecular complexity index is 701. The maximum Gasteiger partial charge on any atom is 0.210 e. The summed E-state index contributed by atoms with van der Waals surface area (Å²) in [7, 11) is 0. The second kappa shape index (κ2) is 8.57. The maximum atomic E-state index is 6.17. The lowest BCUT2D eigenvalue weighted by molar-refractivity contribution is 0.0975. The summed E-state index contributed by atoms with van der Waals surface area (Å²) in [5.41, 5.74) is 19.1. The van der Waals surface area contributed by atoms with Crippen molar-refractivity contribution in [1.29, 1.82) is 0 Å². The Morgan fingerprint density at radius 2 is 1.93 bits per heavy atom. The first-order valence-electron chi connectivity index (χ1n) is 10.4. The summed E-state index contributed by atoms with van der Waals surface area (Å²) in [6.07, 6.45) is 12.8.